The fraction of sp³-hybridized carbons (Fsp3) is 0.571. The zero-order valence-corrected chi connectivity index (χ0v) is 12.6. The molecule has 3 atom stereocenters. The quantitative estimate of drug-likeness (QED) is 0.934. The average Bonchev–Trinajstić information content (AvgIpc) is 2.39. The molecule has 0 radical (unpaired) electrons. The van der Waals surface area contributed by atoms with Gasteiger partial charge in [-0.2, -0.15) is 0 Å². The van der Waals surface area contributed by atoms with E-state index in [9.17, 15) is 8.42 Å². The Morgan fingerprint density at radius 1 is 1.26 bits per heavy atom. The van der Waals surface area contributed by atoms with E-state index >= 15 is 0 Å². The summed E-state index contributed by atoms with van der Waals surface area (Å²) in [5, 5.41) is 0.189. The maximum atomic E-state index is 12.7. The lowest BCUT2D eigenvalue weighted by atomic mass is 9.82. The third kappa shape index (κ3) is 3.12. The van der Waals surface area contributed by atoms with E-state index in [1.165, 1.54) is 0 Å². The standard InChI is InChI=1S/C14H20ClNO2S/c1-10-2-3-11(9-16)14(8-10)19(17,18)13-6-4-12(15)5-7-13/h4-7,10-11,14H,2-3,8-9,16H2,1H3. The van der Waals surface area contributed by atoms with Gasteiger partial charge in [-0.3, -0.25) is 0 Å². The lowest BCUT2D eigenvalue weighted by molar-refractivity contribution is 0.296. The molecule has 1 aromatic carbocycles. The Labute approximate surface area is 120 Å². The van der Waals surface area contributed by atoms with Gasteiger partial charge in [0.2, 0.25) is 0 Å². The van der Waals surface area contributed by atoms with Crippen LogP contribution in [0.15, 0.2) is 29.2 Å². The highest BCUT2D eigenvalue weighted by Crippen LogP contribution is 2.35. The van der Waals surface area contributed by atoms with Gasteiger partial charge in [0.05, 0.1) is 10.1 Å². The molecule has 0 saturated heterocycles. The first-order chi connectivity index (χ1) is 8.95. The van der Waals surface area contributed by atoms with Crippen LogP contribution in [0.3, 0.4) is 0 Å². The van der Waals surface area contributed by atoms with Gasteiger partial charge in [0.25, 0.3) is 0 Å². The van der Waals surface area contributed by atoms with Crippen molar-refractivity contribution in [3.8, 4) is 0 Å². The Balaban J connectivity index is 2.33. The summed E-state index contributed by atoms with van der Waals surface area (Å²) in [5.74, 6) is 0.506. The van der Waals surface area contributed by atoms with E-state index in [0.717, 1.165) is 12.8 Å². The van der Waals surface area contributed by atoms with E-state index in [2.05, 4.69) is 6.92 Å². The molecule has 0 amide bonds. The molecule has 2 rings (SSSR count). The van der Waals surface area contributed by atoms with Gasteiger partial charge in [-0.25, -0.2) is 8.42 Å². The second-order valence-electron chi connectivity index (χ2n) is 5.45. The van der Waals surface area contributed by atoms with Crippen LogP contribution in [0.4, 0.5) is 0 Å². The average molecular weight is 302 g/mol. The molecule has 1 aliphatic rings. The smallest absolute Gasteiger partial charge is 0.181 e. The van der Waals surface area contributed by atoms with Crippen LogP contribution in [0.25, 0.3) is 0 Å². The number of hydrogen-bond acceptors (Lipinski definition) is 3. The predicted molar refractivity (Wildman–Crippen MR) is 78.0 cm³/mol. The zero-order valence-electron chi connectivity index (χ0n) is 11.0. The molecule has 3 unspecified atom stereocenters. The van der Waals surface area contributed by atoms with Gasteiger partial charge < -0.3 is 5.73 Å². The second kappa shape index (κ2) is 5.81. The lowest BCUT2D eigenvalue weighted by Gasteiger charge is -2.33. The van der Waals surface area contributed by atoms with Crippen molar-refractivity contribution in [1.82, 2.24) is 0 Å². The summed E-state index contributed by atoms with van der Waals surface area (Å²) in [5.41, 5.74) is 5.75. The Morgan fingerprint density at radius 2 is 1.89 bits per heavy atom. The summed E-state index contributed by atoms with van der Waals surface area (Å²) < 4.78 is 25.4. The first-order valence-electron chi connectivity index (χ1n) is 6.64. The topological polar surface area (TPSA) is 60.2 Å². The number of nitrogens with two attached hydrogens (primary N) is 1. The van der Waals surface area contributed by atoms with Crippen LogP contribution in [0.5, 0.6) is 0 Å². The van der Waals surface area contributed by atoms with E-state index in [-0.39, 0.29) is 11.2 Å². The minimum Gasteiger partial charge on any atom is -0.330 e. The molecule has 1 saturated carbocycles. The molecule has 1 aliphatic carbocycles. The Bertz CT molecular complexity index is 527. The van der Waals surface area contributed by atoms with Crippen molar-refractivity contribution >= 4 is 21.4 Å². The molecule has 0 aromatic heterocycles. The molecule has 0 bridgehead atoms. The van der Waals surface area contributed by atoms with Gasteiger partial charge in [-0.1, -0.05) is 24.9 Å². The van der Waals surface area contributed by atoms with E-state index in [1.54, 1.807) is 24.3 Å². The molecular weight excluding hydrogens is 282 g/mol. The van der Waals surface area contributed by atoms with Gasteiger partial charge in [0, 0.05) is 5.02 Å². The molecule has 0 heterocycles. The van der Waals surface area contributed by atoms with E-state index in [4.69, 9.17) is 17.3 Å². The fourth-order valence-corrected chi connectivity index (χ4v) is 5.17. The fourth-order valence-electron chi connectivity index (χ4n) is 2.84. The number of hydrogen-bond donors (Lipinski definition) is 1. The van der Waals surface area contributed by atoms with Crippen molar-refractivity contribution in [3.05, 3.63) is 29.3 Å². The minimum absolute atomic E-state index is 0.0666. The van der Waals surface area contributed by atoms with Crippen molar-refractivity contribution < 1.29 is 8.42 Å². The van der Waals surface area contributed by atoms with Crippen molar-refractivity contribution in [1.29, 1.82) is 0 Å². The van der Waals surface area contributed by atoms with Gasteiger partial charge in [0.1, 0.15) is 0 Å². The normalized spacial score (nSPS) is 28.3. The predicted octanol–water partition coefficient (Wildman–Crippen LogP) is 2.88. The van der Waals surface area contributed by atoms with Crippen molar-refractivity contribution in [2.24, 2.45) is 17.6 Å². The Kier molecular flexibility index (Phi) is 4.54. The van der Waals surface area contributed by atoms with Crippen molar-refractivity contribution in [2.75, 3.05) is 6.54 Å². The first-order valence-corrected chi connectivity index (χ1v) is 8.57. The molecule has 1 aromatic rings. The molecule has 3 nitrogen and oxygen atoms in total. The second-order valence-corrected chi connectivity index (χ2v) is 8.05. The third-order valence-electron chi connectivity index (χ3n) is 4.03. The number of halogens is 1. The van der Waals surface area contributed by atoms with Crippen LogP contribution < -0.4 is 5.73 Å². The molecule has 1 fully saturated rings. The van der Waals surface area contributed by atoms with E-state index in [1.807, 2.05) is 0 Å². The highest BCUT2D eigenvalue weighted by molar-refractivity contribution is 7.92. The maximum absolute atomic E-state index is 12.7. The molecule has 106 valence electrons. The largest absolute Gasteiger partial charge is 0.330 e. The van der Waals surface area contributed by atoms with Crippen molar-refractivity contribution in [2.45, 2.75) is 36.3 Å². The van der Waals surface area contributed by atoms with Crippen LogP contribution in [0, 0.1) is 11.8 Å². The highest BCUT2D eigenvalue weighted by Gasteiger charge is 2.37. The van der Waals surface area contributed by atoms with Gasteiger partial charge in [-0.05, 0) is 55.5 Å². The molecular formula is C14H20ClNO2S. The molecule has 0 aliphatic heterocycles. The monoisotopic (exact) mass is 301 g/mol. The van der Waals surface area contributed by atoms with Crippen LogP contribution in [0.1, 0.15) is 26.2 Å². The van der Waals surface area contributed by atoms with Crippen molar-refractivity contribution in [3.63, 3.8) is 0 Å². The number of sulfone groups is 1. The summed E-state index contributed by atoms with van der Waals surface area (Å²) in [6.07, 6.45) is 2.66. The van der Waals surface area contributed by atoms with Gasteiger partial charge in [0.15, 0.2) is 9.84 Å². The maximum Gasteiger partial charge on any atom is 0.181 e. The number of rotatable bonds is 3. The SMILES string of the molecule is CC1CCC(CN)C(S(=O)(=O)c2ccc(Cl)cc2)C1. The molecule has 5 heteroatoms. The first kappa shape index (κ1) is 14.8. The number of benzene rings is 1. The molecule has 2 N–H and O–H groups in total. The van der Waals surface area contributed by atoms with Gasteiger partial charge in [-0.15, -0.1) is 0 Å². The summed E-state index contributed by atoms with van der Waals surface area (Å²) in [4.78, 5) is 0.356. The lowest BCUT2D eigenvalue weighted by Crippen LogP contribution is -2.39. The van der Waals surface area contributed by atoms with Crippen LogP contribution in [-0.2, 0) is 9.84 Å². The zero-order chi connectivity index (χ0) is 14.0. The van der Waals surface area contributed by atoms with Crippen LogP contribution in [0.2, 0.25) is 5.02 Å². The van der Waals surface area contributed by atoms with E-state index < -0.39 is 9.84 Å². The summed E-state index contributed by atoms with van der Waals surface area (Å²) >= 11 is 5.81. The molecule has 0 spiro atoms. The minimum atomic E-state index is -3.31. The van der Waals surface area contributed by atoms with E-state index in [0.29, 0.717) is 28.8 Å². The summed E-state index contributed by atoms with van der Waals surface area (Å²) in [6, 6.07) is 6.42. The summed E-state index contributed by atoms with van der Waals surface area (Å²) in [6.45, 7) is 2.54. The Morgan fingerprint density at radius 3 is 2.47 bits per heavy atom. The Hall–Kier alpha value is -0.580. The highest BCUT2D eigenvalue weighted by atomic mass is 35.5. The third-order valence-corrected chi connectivity index (χ3v) is 6.59. The van der Waals surface area contributed by atoms with Crippen LogP contribution >= 0.6 is 11.6 Å². The molecule has 19 heavy (non-hydrogen) atoms. The summed E-state index contributed by atoms with van der Waals surface area (Å²) in [7, 11) is -3.31. The van der Waals surface area contributed by atoms with Crippen LogP contribution in [-0.4, -0.2) is 20.2 Å². The van der Waals surface area contributed by atoms with Gasteiger partial charge >= 0.3 is 0 Å².